The summed E-state index contributed by atoms with van der Waals surface area (Å²) in [6.45, 7) is 3.70. The van der Waals surface area contributed by atoms with Crippen molar-refractivity contribution in [3.63, 3.8) is 0 Å². The Kier molecular flexibility index (Phi) is 7.73. The molecule has 0 spiro atoms. The molecule has 5 nitrogen and oxygen atoms in total. The van der Waals surface area contributed by atoms with Gasteiger partial charge in [-0.05, 0) is 31.9 Å². The number of carbonyl (C=O) groups is 1. The van der Waals surface area contributed by atoms with Crippen LogP contribution in [0.3, 0.4) is 0 Å². The van der Waals surface area contributed by atoms with Gasteiger partial charge in [-0.25, -0.2) is 0 Å². The lowest BCUT2D eigenvalue weighted by molar-refractivity contribution is -0.745. The topological polar surface area (TPSA) is 69.8 Å². The van der Waals surface area contributed by atoms with Crippen LogP contribution in [0.2, 0.25) is 0 Å². The molecule has 2 aliphatic rings. The second kappa shape index (κ2) is 9.55. The zero-order valence-corrected chi connectivity index (χ0v) is 15.3. The van der Waals surface area contributed by atoms with Crippen molar-refractivity contribution in [1.82, 2.24) is 16.2 Å². The van der Waals surface area contributed by atoms with Crippen LogP contribution in [0.5, 0.6) is 0 Å². The van der Waals surface area contributed by atoms with Crippen molar-refractivity contribution in [3.8, 4) is 0 Å². The maximum absolute atomic E-state index is 12.0. The Morgan fingerprint density at radius 1 is 1.04 bits per heavy atom. The smallest absolute Gasteiger partial charge is 0.297 e. The number of hydrogen-bond acceptors (Lipinski definition) is 4. The Morgan fingerprint density at radius 3 is 2.04 bits per heavy atom. The summed E-state index contributed by atoms with van der Waals surface area (Å²) in [5, 5.41) is 4.84. The Labute approximate surface area is 144 Å². The first-order valence-corrected chi connectivity index (χ1v) is 10.3. The molecule has 0 radical (unpaired) electrons. The molecule has 1 saturated carbocycles. The van der Waals surface area contributed by atoms with Crippen LogP contribution in [0, 0.1) is 0 Å². The molecule has 0 unspecified atom stereocenters. The Morgan fingerprint density at radius 2 is 1.57 bits per heavy atom. The quantitative estimate of drug-likeness (QED) is 0.468. The van der Waals surface area contributed by atoms with E-state index in [9.17, 15) is 4.79 Å². The lowest BCUT2D eigenvalue weighted by Crippen LogP contribution is -3.08. The molecule has 0 aromatic rings. The summed E-state index contributed by atoms with van der Waals surface area (Å²) in [4.78, 5) is 12.0. The number of amides is 1. The molecular formula is C17H33N4OS+. The Balaban J connectivity index is 1.92. The lowest BCUT2D eigenvalue weighted by atomic mass is 9.98. The first kappa shape index (κ1) is 18.6. The molecule has 0 aromatic heterocycles. The normalized spacial score (nSPS) is 29.1. The highest BCUT2D eigenvalue weighted by Crippen LogP contribution is 2.17. The van der Waals surface area contributed by atoms with E-state index in [1.54, 1.807) is 11.8 Å². The molecule has 0 bridgehead atoms. The third-order valence-corrected chi connectivity index (χ3v) is 5.90. The van der Waals surface area contributed by atoms with E-state index in [1.165, 1.54) is 70.6 Å². The van der Waals surface area contributed by atoms with E-state index in [1.807, 2.05) is 6.26 Å². The zero-order valence-electron chi connectivity index (χ0n) is 14.5. The molecule has 1 amide bonds. The minimum atomic E-state index is -0.528. The lowest BCUT2D eigenvalue weighted by Gasteiger charge is -2.38. The number of quaternary nitrogens is 1. The molecule has 5 N–H and O–H groups in total. The van der Waals surface area contributed by atoms with Gasteiger partial charge in [0.25, 0.3) is 11.0 Å². The number of carbonyl (C=O) groups excluding carboxylic acids is 1. The first-order chi connectivity index (χ1) is 11.2. The van der Waals surface area contributed by atoms with Gasteiger partial charge in [-0.3, -0.25) is 15.4 Å². The van der Waals surface area contributed by atoms with Gasteiger partial charge in [0.1, 0.15) is 5.70 Å². The van der Waals surface area contributed by atoms with Crippen LogP contribution in [0.25, 0.3) is 0 Å². The maximum atomic E-state index is 12.0. The standard InChI is InChI=1S/C17H32N4OS/c1-14-16(22)19-17(23-2,21-20-14)18-15-12-10-8-6-4-3-5-7-9-11-13-15/h15,18,20-21H,1,3-13H2,2H3,(H,19,22)/p+1/t17-/m0/s1. The van der Waals surface area contributed by atoms with Gasteiger partial charge in [0.05, 0.1) is 6.04 Å². The van der Waals surface area contributed by atoms with Gasteiger partial charge in [-0.1, -0.05) is 63.3 Å². The SMILES string of the molecule is C=C1NN[C@@]([NH2+]C2CCCCCCCCCCC2)(SC)NC1=O. The minimum Gasteiger partial charge on any atom is -0.310 e. The predicted molar refractivity (Wildman–Crippen MR) is 96.3 cm³/mol. The highest BCUT2D eigenvalue weighted by atomic mass is 32.2. The number of thioether (sulfide) groups is 1. The number of rotatable bonds is 3. The van der Waals surface area contributed by atoms with Crippen LogP contribution in [0.15, 0.2) is 12.3 Å². The van der Waals surface area contributed by atoms with Crippen molar-refractivity contribution >= 4 is 17.7 Å². The number of nitrogens with one attached hydrogen (secondary N) is 3. The van der Waals surface area contributed by atoms with Crippen molar-refractivity contribution in [1.29, 1.82) is 0 Å². The van der Waals surface area contributed by atoms with Crippen LogP contribution in [-0.2, 0) is 4.79 Å². The number of hydrazine groups is 1. The molecule has 1 heterocycles. The summed E-state index contributed by atoms with van der Waals surface area (Å²) >= 11 is 1.62. The fraction of sp³-hybridized carbons (Fsp3) is 0.824. The highest BCUT2D eigenvalue weighted by Gasteiger charge is 2.41. The molecular weight excluding hydrogens is 308 g/mol. The van der Waals surface area contributed by atoms with Crippen LogP contribution in [0.1, 0.15) is 70.6 Å². The molecule has 2 fully saturated rings. The van der Waals surface area contributed by atoms with E-state index in [0.29, 0.717) is 11.7 Å². The summed E-state index contributed by atoms with van der Waals surface area (Å²) in [7, 11) is 0. The van der Waals surface area contributed by atoms with E-state index in [4.69, 9.17) is 0 Å². The molecule has 23 heavy (non-hydrogen) atoms. The fourth-order valence-corrected chi connectivity index (χ4v) is 4.12. The highest BCUT2D eigenvalue weighted by molar-refractivity contribution is 7.99. The molecule has 2 rings (SSSR count). The van der Waals surface area contributed by atoms with Crippen molar-refractivity contribution in [2.24, 2.45) is 0 Å². The van der Waals surface area contributed by atoms with Crippen LogP contribution in [0.4, 0.5) is 0 Å². The van der Waals surface area contributed by atoms with Gasteiger partial charge in [-0.15, -0.1) is 0 Å². The van der Waals surface area contributed by atoms with Gasteiger partial charge in [0.15, 0.2) is 0 Å². The molecule has 1 atom stereocenters. The molecule has 6 heteroatoms. The van der Waals surface area contributed by atoms with Crippen molar-refractivity contribution in [3.05, 3.63) is 12.3 Å². The summed E-state index contributed by atoms with van der Waals surface area (Å²) in [5.74, 6) is -0.123. The van der Waals surface area contributed by atoms with E-state index in [0.717, 1.165) is 0 Å². The molecule has 1 aliphatic heterocycles. The van der Waals surface area contributed by atoms with Crippen LogP contribution in [-0.4, -0.2) is 23.3 Å². The van der Waals surface area contributed by atoms with E-state index >= 15 is 0 Å². The van der Waals surface area contributed by atoms with Crippen LogP contribution >= 0.6 is 11.8 Å². The number of nitrogens with two attached hydrogens (primary N) is 1. The van der Waals surface area contributed by atoms with E-state index in [2.05, 4.69) is 28.1 Å². The summed E-state index contributed by atoms with van der Waals surface area (Å²) < 4.78 is 0. The molecule has 0 aromatic carbocycles. The third-order valence-electron chi connectivity index (χ3n) is 4.91. The van der Waals surface area contributed by atoms with Gasteiger partial charge < -0.3 is 5.43 Å². The van der Waals surface area contributed by atoms with Crippen molar-refractivity contribution in [2.75, 3.05) is 6.26 Å². The Bertz CT molecular complexity index is 392. The molecule has 1 saturated heterocycles. The van der Waals surface area contributed by atoms with Crippen molar-refractivity contribution < 1.29 is 10.1 Å². The number of hydrogen-bond donors (Lipinski definition) is 4. The fourth-order valence-electron chi connectivity index (χ4n) is 3.45. The summed E-state index contributed by atoms with van der Waals surface area (Å²) in [5.41, 5.74) is 6.52. The minimum absolute atomic E-state index is 0.123. The average Bonchev–Trinajstić information content (AvgIpc) is 2.54. The predicted octanol–water partition coefficient (Wildman–Crippen LogP) is 1.94. The van der Waals surface area contributed by atoms with Gasteiger partial charge in [-0.2, -0.15) is 5.43 Å². The van der Waals surface area contributed by atoms with Crippen molar-refractivity contribution in [2.45, 2.75) is 81.8 Å². The largest absolute Gasteiger partial charge is 0.310 e. The van der Waals surface area contributed by atoms with Gasteiger partial charge >= 0.3 is 0 Å². The molecule has 1 aliphatic carbocycles. The van der Waals surface area contributed by atoms with Crippen LogP contribution < -0.4 is 21.5 Å². The van der Waals surface area contributed by atoms with Gasteiger partial charge in [0.2, 0.25) is 0 Å². The summed E-state index contributed by atoms with van der Waals surface area (Å²) in [6.07, 6.45) is 16.7. The second-order valence-electron chi connectivity index (χ2n) is 6.81. The third kappa shape index (κ3) is 6.01. The average molecular weight is 342 g/mol. The Hall–Kier alpha value is -0.720. The zero-order chi connectivity index (χ0) is 16.5. The molecule has 132 valence electrons. The second-order valence-corrected chi connectivity index (χ2v) is 7.86. The summed E-state index contributed by atoms with van der Waals surface area (Å²) in [6, 6.07) is 0.544. The van der Waals surface area contributed by atoms with E-state index < -0.39 is 5.12 Å². The maximum Gasteiger partial charge on any atom is 0.297 e. The van der Waals surface area contributed by atoms with E-state index in [-0.39, 0.29) is 5.91 Å². The monoisotopic (exact) mass is 341 g/mol. The van der Waals surface area contributed by atoms with Gasteiger partial charge in [0, 0.05) is 0 Å². The first-order valence-electron chi connectivity index (χ1n) is 9.11.